The van der Waals surface area contributed by atoms with Crippen molar-refractivity contribution in [3.05, 3.63) is 97.2 Å². The molecule has 0 saturated carbocycles. The standard InChI is InChI=1S/C79H139NO10/c1-4-7-10-13-16-19-22-25-27-29-31-33-35-36-37-38-39-41-43-45-47-49-52-55-58-61-64-67-74(84)90-77-76(86)75(85)73(68-81)89-79(77)88-69-70(71(82)65-62-59-56-53-50-24-21-18-15-12-9-6-3)80-78(87)72(83)66-63-60-57-54-51-48-46-44-42-40-34-32-30-28-26-23-20-17-14-11-8-5-2/h16-17,19-20,25-28,31-34,36-37,62,65,70-73,75-77,79,81-83,85-86H,4-15,18,21-24,29-30,35,38-61,63-64,66-69H2,1-3H3,(H,80,87)/b19-16-,20-17-,27-25-,28-26-,33-31-,34-32-,37-36-,65-62+. The van der Waals surface area contributed by atoms with Crippen molar-refractivity contribution in [2.75, 3.05) is 13.2 Å². The SMILES string of the molecule is CCCCC/C=C\C/C=C\C/C=C\C/C=C\CCCCCCCCCCCCCC(=O)OC1C(OCC(NC(=O)C(O)CCCCCCCCCCC/C=C\C/C=C\C/C=C\CCCCC)C(O)/C=C/CCCCCCCCCCCC)OC(CO)C(O)C1O. The van der Waals surface area contributed by atoms with Gasteiger partial charge in [0.05, 0.1) is 25.4 Å². The number of aliphatic hydroxyl groups excluding tert-OH is 5. The molecule has 0 spiro atoms. The number of hydrogen-bond donors (Lipinski definition) is 6. The van der Waals surface area contributed by atoms with E-state index in [2.05, 4.69) is 111 Å². The molecule has 1 heterocycles. The van der Waals surface area contributed by atoms with Crippen LogP contribution in [-0.2, 0) is 23.8 Å². The van der Waals surface area contributed by atoms with Gasteiger partial charge in [0.2, 0.25) is 5.91 Å². The zero-order chi connectivity index (χ0) is 65.3. The van der Waals surface area contributed by atoms with E-state index in [-0.39, 0.29) is 19.4 Å². The maximum absolute atomic E-state index is 13.5. The normalized spacial score (nSPS) is 18.6. The van der Waals surface area contributed by atoms with Gasteiger partial charge >= 0.3 is 5.97 Å². The van der Waals surface area contributed by atoms with Gasteiger partial charge in [0.1, 0.15) is 24.4 Å². The minimum absolute atomic E-state index is 0.116. The Balaban J connectivity index is 2.54. The molecule has 0 aromatic carbocycles. The highest BCUT2D eigenvalue weighted by atomic mass is 16.7. The summed E-state index contributed by atoms with van der Waals surface area (Å²) >= 11 is 0. The second-order valence-electron chi connectivity index (χ2n) is 25.7. The van der Waals surface area contributed by atoms with Gasteiger partial charge in [0.25, 0.3) is 0 Å². The van der Waals surface area contributed by atoms with E-state index >= 15 is 0 Å². The van der Waals surface area contributed by atoms with Crippen molar-refractivity contribution >= 4 is 11.9 Å². The average molecular weight is 1260 g/mol. The molecule has 0 aromatic heterocycles. The van der Waals surface area contributed by atoms with Gasteiger partial charge in [-0.05, 0) is 109 Å². The molecule has 6 N–H and O–H groups in total. The first-order valence-corrected chi connectivity index (χ1v) is 37.5. The van der Waals surface area contributed by atoms with Crippen molar-refractivity contribution in [1.82, 2.24) is 5.32 Å². The summed E-state index contributed by atoms with van der Waals surface area (Å²) in [4.78, 5) is 26.7. The van der Waals surface area contributed by atoms with Crippen molar-refractivity contribution in [1.29, 1.82) is 0 Å². The Morgan fingerprint density at radius 2 is 0.767 bits per heavy atom. The smallest absolute Gasteiger partial charge is 0.306 e. The lowest BCUT2D eigenvalue weighted by Gasteiger charge is -2.41. The van der Waals surface area contributed by atoms with E-state index in [1.165, 1.54) is 180 Å². The number of aliphatic hydroxyl groups is 5. The number of allylic oxidation sites excluding steroid dienone is 15. The lowest BCUT2D eigenvalue weighted by atomic mass is 9.99. The van der Waals surface area contributed by atoms with Crippen LogP contribution in [0.15, 0.2) is 97.2 Å². The monoisotopic (exact) mass is 1260 g/mol. The van der Waals surface area contributed by atoms with Crippen LogP contribution >= 0.6 is 0 Å². The maximum Gasteiger partial charge on any atom is 0.306 e. The molecule has 1 aliphatic heterocycles. The van der Waals surface area contributed by atoms with Crippen LogP contribution in [0.2, 0.25) is 0 Å². The first-order valence-electron chi connectivity index (χ1n) is 37.5. The summed E-state index contributed by atoms with van der Waals surface area (Å²) in [5.74, 6) is -1.20. The van der Waals surface area contributed by atoms with Gasteiger partial charge in [0.15, 0.2) is 12.4 Å². The highest BCUT2D eigenvalue weighted by molar-refractivity contribution is 5.80. The van der Waals surface area contributed by atoms with Crippen molar-refractivity contribution < 1.29 is 49.3 Å². The van der Waals surface area contributed by atoms with Crippen molar-refractivity contribution in [2.24, 2.45) is 0 Å². The fourth-order valence-electron chi connectivity index (χ4n) is 11.3. The highest BCUT2D eigenvalue weighted by Gasteiger charge is 2.47. The summed E-state index contributed by atoms with van der Waals surface area (Å²) in [6, 6.07) is -1.03. The molecule has 11 nitrogen and oxygen atoms in total. The lowest BCUT2D eigenvalue weighted by molar-refractivity contribution is -0.305. The van der Waals surface area contributed by atoms with Gasteiger partial charge in [-0.3, -0.25) is 9.59 Å². The Morgan fingerprint density at radius 1 is 0.433 bits per heavy atom. The van der Waals surface area contributed by atoms with E-state index in [4.69, 9.17) is 14.2 Å². The van der Waals surface area contributed by atoms with Crippen LogP contribution in [0.4, 0.5) is 0 Å². The molecule has 0 aliphatic carbocycles. The van der Waals surface area contributed by atoms with Crippen LogP contribution in [0, 0.1) is 0 Å². The lowest BCUT2D eigenvalue weighted by Crippen LogP contribution is -2.61. The third-order valence-corrected chi connectivity index (χ3v) is 17.2. The van der Waals surface area contributed by atoms with Gasteiger partial charge in [-0.2, -0.15) is 0 Å². The Labute approximate surface area is 552 Å². The van der Waals surface area contributed by atoms with Crippen LogP contribution in [0.5, 0.6) is 0 Å². The molecule has 1 aliphatic rings. The van der Waals surface area contributed by atoms with Crippen LogP contribution < -0.4 is 5.32 Å². The largest absolute Gasteiger partial charge is 0.454 e. The van der Waals surface area contributed by atoms with Crippen LogP contribution in [0.1, 0.15) is 329 Å². The molecule has 8 atom stereocenters. The molecule has 0 bridgehead atoms. The van der Waals surface area contributed by atoms with Crippen LogP contribution in [-0.4, -0.2) is 99.6 Å². The number of amides is 1. The van der Waals surface area contributed by atoms with E-state index in [0.29, 0.717) is 12.8 Å². The Morgan fingerprint density at radius 3 is 1.17 bits per heavy atom. The quantitative estimate of drug-likeness (QED) is 0.0195. The predicted molar refractivity (Wildman–Crippen MR) is 379 cm³/mol. The highest BCUT2D eigenvalue weighted by Crippen LogP contribution is 2.26. The van der Waals surface area contributed by atoms with Crippen molar-refractivity contribution in [2.45, 2.75) is 378 Å². The maximum atomic E-state index is 13.5. The minimum atomic E-state index is -1.62. The summed E-state index contributed by atoms with van der Waals surface area (Å²) in [6.45, 7) is 5.76. The van der Waals surface area contributed by atoms with Gasteiger partial charge in [-0.1, -0.05) is 311 Å². The molecule has 520 valence electrons. The first kappa shape index (κ1) is 84.6. The molecule has 90 heavy (non-hydrogen) atoms. The summed E-state index contributed by atoms with van der Waals surface area (Å²) < 4.78 is 17.7. The topological polar surface area (TPSA) is 175 Å². The summed E-state index contributed by atoms with van der Waals surface area (Å²) in [5, 5.41) is 57.3. The van der Waals surface area contributed by atoms with E-state index in [9.17, 15) is 35.1 Å². The van der Waals surface area contributed by atoms with Gasteiger partial charge in [0, 0.05) is 6.42 Å². The average Bonchev–Trinajstić information content (AvgIpc) is 3.71. The number of ether oxygens (including phenoxy) is 3. The minimum Gasteiger partial charge on any atom is -0.454 e. The van der Waals surface area contributed by atoms with E-state index in [1.807, 2.05) is 6.08 Å². The molecule has 1 saturated heterocycles. The summed E-state index contributed by atoms with van der Waals surface area (Å²) in [6.07, 6.45) is 78.7. The number of rotatable bonds is 64. The Kier molecular flexibility index (Phi) is 61.7. The molecule has 1 rings (SSSR count). The van der Waals surface area contributed by atoms with E-state index in [0.717, 1.165) is 103 Å². The van der Waals surface area contributed by atoms with E-state index in [1.54, 1.807) is 6.08 Å². The van der Waals surface area contributed by atoms with Crippen LogP contribution in [0.3, 0.4) is 0 Å². The number of hydrogen-bond acceptors (Lipinski definition) is 10. The van der Waals surface area contributed by atoms with Crippen molar-refractivity contribution in [3.63, 3.8) is 0 Å². The number of esters is 1. The van der Waals surface area contributed by atoms with Gasteiger partial charge < -0.3 is 45.1 Å². The van der Waals surface area contributed by atoms with Gasteiger partial charge in [-0.25, -0.2) is 0 Å². The van der Waals surface area contributed by atoms with E-state index < -0.39 is 67.4 Å². The molecule has 0 aromatic rings. The summed E-state index contributed by atoms with van der Waals surface area (Å²) in [5.41, 5.74) is 0. The van der Waals surface area contributed by atoms with Gasteiger partial charge in [-0.15, -0.1) is 0 Å². The molecular weight excluding hydrogens is 1120 g/mol. The molecule has 0 radical (unpaired) electrons. The molecule has 8 unspecified atom stereocenters. The summed E-state index contributed by atoms with van der Waals surface area (Å²) in [7, 11) is 0. The Hall–Kier alpha value is -3.42. The number of carbonyl (C=O) groups is 2. The van der Waals surface area contributed by atoms with Crippen LogP contribution in [0.25, 0.3) is 0 Å². The molecule has 1 fully saturated rings. The fourth-order valence-corrected chi connectivity index (χ4v) is 11.3. The fraction of sp³-hybridized carbons (Fsp3) is 0.772. The van der Waals surface area contributed by atoms with Crippen molar-refractivity contribution in [3.8, 4) is 0 Å². The molecule has 11 heteroatoms. The number of nitrogens with one attached hydrogen (secondary N) is 1. The second kappa shape index (κ2) is 65.6. The second-order valence-corrected chi connectivity index (χ2v) is 25.7. The number of carbonyl (C=O) groups excluding carboxylic acids is 2. The number of unbranched alkanes of at least 4 members (excludes halogenated alkanes) is 36. The first-order chi connectivity index (χ1) is 44.2. The Bertz CT molecular complexity index is 1840. The zero-order valence-corrected chi connectivity index (χ0v) is 58.0. The molecular formula is C79H139NO10. The predicted octanol–water partition coefficient (Wildman–Crippen LogP) is 19.8. The third kappa shape index (κ3) is 52.0. The zero-order valence-electron chi connectivity index (χ0n) is 58.0. The molecule has 1 amide bonds. The third-order valence-electron chi connectivity index (χ3n) is 17.2.